The number of hydrogen-bond donors (Lipinski definition) is 0. The molecule has 0 aliphatic rings. The predicted molar refractivity (Wildman–Crippen MR) is 76.9 cm³/mol. The van der Waals surface area contributed by atoms with Crippen molar-refractivity contribution in [1.82, 2.24) is 0 Å². The Bertz CT molecular complexity index is 620. The number of methoxy groups -OCH3 is 3. The highest BCUT2D eigenvalue weighted by Gasteiger charge is 2.16. The van der Waals surface area contributed by atoms with Crippen molar-refractivity contribution >= 4 is 6.29 Å². The topological polar surface area (TPSA) is 44.8 Å². The van der Waals surface area contributed by atoms with E-state index in [1.807, 2.05) is 24.3 Å². The maximum absolute atomic E-state index is 10.9. The summed E-state index contributed by atoms with van der Waals surface area (Å²) < 4.78 is 16.1. The van der Waals surface area contributed by atoms with Crippen molar-refractivity contribution in [3.8, 4) is 28.4 Å². The van der Waals surface area contributed by atoms with Crippen LogP contribution in [0.2, 0.25) is 0 Å². The fourth-order valence-electron chi connectivity index (χ4n) is 2.11. The van der Waals surface area contributed by atoms with E-state index in [1.54, 1.807) is 33.5 Å². The van der Waals surface area contributed by atoms with Crippen LogP contribution in [0, 0.1) is 0 Å². The van der Waals surface area contributed by atoms with Gasteiger partial charge in [-0.15, -0.1) is 0 Å². The molecule has 104 valence electrons. The fourth-order valence-corrected chi connectivity index (χ4v) is 2.11. The minimum Gasteiger partial charge on any atom is -0.493 e. The lowest BCUT2D eigenvalue weighted by atomic mass is 10.0. The molecular weight excluding hydrogens is 256 g/mol. The molecule has 2 aromatic carbocycles. The molecule has 2 aromatic rings. The minimum absolute atomic E-state index is 0.531. The first kappa shape index (κ1) is 13.9. The number of benzene rings is 2. The van der Waals surface area contributed by atoms with E-state index < -0.39 is 0 Å². The fraction of sp³-hybridized carbons (Fsp3) is 0.188. The molecule has 0 radical (unpaired) electrons. The van der Waals surface area contributed by atoms with E-state index in [-0.39, 0.29) is 0 Å². The maximum Gasteiger partial charge on any atom is 0.203 e. The number of ether oxygens (including phenoxy) is 3. The van der Waals surface area contributed by atoms with Crippen molar-refractivity contribution in [2.24, 2.45) is 0 Å². The Kier molecular flexibility index (Phi) is 4.25. The van der Waals surface area contributed by atoms with Gasteiger partial charge >= 0.3 is 0 Å². The summed E-state index contributed by atoms with van der Waals surface area (Å²) in [5.41, 5.74) is 2.33. The Balaban J connectivity index is 2.64. The standard InChI is InChI=1S/C16H16O4/c1-18-14-8-7-13(15(19-2)16(14)20-3)12-6-4-5-11(9-12)10-17/h4-10H,1-3H3. The van der Waals surface area contributed by atoms with Crippen molar-refractivity contribution in [3.05, 3.63) is 42.0 Å². The SMILES string of the molecule is COc1ccc(-c2cccc(C=O)c2)c(OC)c1OC. The third kappa shape index (κ3) is 2.45. The average molecular weight is 272 g/mol. The zero-order chi connectivity index (χ0) is 14.5. The molecule has 0 heterocycles. The smallest absolute Gasteiger partial charge is 0.203 e. The molecule has 0 aliphatic carbocycles. The van der Waals surface area contributed by atoms with Gasteiger partial charge in [0.05, 0.1) is 21.3 Å². The van der Waals surface area contributed by atoms with Gasteiger partial charge in [0.2, 0.25) is 5.75 Å². The Labute approximate surface area is 117 Å². The van der Waals surface area contributed by atoms with E-state index in [1.165, 1.54) is 0 Å². The third-order valence-electron chi connectivity index (χ3n) is 3.04. The zero-order valence-electron chi connectivity index (χ0n) is 11.7. The van der Waals surface area contributed by atoms with Crippen molar-refractivity contribution < 1.29 is 19.0 Å². The number of rotatable bonds is 5. The van der Waals surface area contributed by atoms with Gasteiger partial charge in [0.15, 0.2) is 11.5 Å². The molecule has 0 aliphatic heterocycles. The lowest BCUT2D eigenvalue weighted by molar-refractivity contribution is 0.112. The molecule has 0 bridgehead atoms. The first-order valence-electron chi connectivity index (χ1n) is 6.09. The Hall–Kier alpha value is -2.49. The second-order valence-electron chi connectivity index (χ2n) is 4.13. The van der Waals surface area contributed by atoms with Crippen molar-refractivity contribution in [1.29, 1.82) is 0 Å². The summed E-state index contributed by atoms with van der Waals surface area (Å²) >= 11 is 0. The second kappa shape index (κ2) is 6.10. The summed E-state index contributed by atoms with van der Waals surface area (Å²) in [4.78, 5) is 10.9. The molecule has 0 fully saturated rings. The largest absolute Gasteiger partial charge is 0.493 e. The molecule has 0 N–H and O–H groups in total. The quantitative estimate of drug-likeness (QED) is 0.784. The molecule has 4 nitrogen and oxygen atoms in total. The molecular formula is C16H16O4. The molecule has 20 heavy (non-hydrogen) atoms. The molecule has 4 heteroatoms. The number of hydrogen-bond acceptors (Lipinski definition) is 4. The lowest BCUT2D eigenvalue weighted by Crippen LogP contribution is -1.97. The van der Waals surface area contributed by atoms with Crippen LogP contribution in [0.5, 0.6) is 17.2 Å². The molecule has 0 saturated carbocycles. The molecule has 0 spiro atoms. The van der Waals surface area contributed by atoms with Gasteiger partial charge in [-0.1, -0.05) is 18.2 Å². The maximum atomic E-state index is 10.9. The first-order valence-corrected chi connectivity index (χ1v) is 6.09. The molecule has 0 saturated heterocycles. The van der Waals surface area contributed by atoms with E-state index in [0.717, 1.165) is 17.4 Å². The summed E-state index contributed by atoms with van der Waals surface area (Å²) in [6.07, 6.45) is 0.816. The van der Waals surface area contributed by atoms with Gasteiger partial charge in [0.1, 0.15) is 6.29 Å². The van der Waals surface area contributed by atoms with Gasteiger partial charge in [-0.3, -0.25) is 4.79 Å². The van der Waals surface area contributed by atoms with Gasteiger partial charge in [-0.05, 0) is 23.8 Å². The highest BCUT2D eigenvalue weighted by atomic mass is 16.5. The van der Waals surface area contributed by atoms with Crippen LogP contribution in [0.25, 0.3) is 11.1 Å². The molecule has 2 rings (SSSR count). The average Bonchev–Trinajstić information content (AvgIpc) is 2.53. The van der Waals surface area contributed by atoms with Crippen LogP contribution in [0.4, 0.5) is 0 Å². The zero-order valence-corrected chi connectivity index (χ0v) is 11.7. The number of carbonyl (C=O) groups excluding carboxylic acids is 1. The van der Waals surface area contributed by atoms with Gasteiger partial charge in [0.25, 0.3) is 0 Å². The van der Waals surface area contributed by atoms with E-state index in [9.17, 15) is 4.79 Å². The van der Waals surface area contributed by atoms with E-state index in [4.69, 9.17) is 14.2 Å². The molecule has 0 atom stereocenters. The summed E-state index contributed by atoms with van der Waals surface area (Å²) in [6, 6.07) is 11.0. The molecule has 0 unspecified atom stereocenters. The van der Waals surface area contributed by atoms with E-state index in [2.05, 4.69) is 0 Å². The normalized spacial score (nSPS) is 9.95. The summed E-state index contributed by atoms with van der Waals surface area (Å²) in [5, 5.41) is 0. The van der Waals surface area contributed by atoms with Gasteiger partial charge in [-0.25, -0.2) is 0 Å². The van der Waals surface area contributed by atoms with E-state index in [0.29, 0.717) is 22.8 Å². The Morgan fingerprint density at radius 2 is 1.65 bits per heavy atom. The monoisotopic (exact) mass is 272 g/mol. The lowest BCUT2D eigenvalue weighted by Gasteiger charge is -2.16. The van der Waals surface area contributed by atoms with Crippen molar-refractivity contribution in [3.63, 3.8) is 0 Å². The molecule has 0 amide bonds. The predicted octanol–water partition coefficient (Wildman–Crippen LogP) is 3.19. The first-order chi connectivity index (χ1) is 9.74. The van der Waals surface area contributed by atoms with Crippen molar-refractivity contribution in [2.45, 2.75) is 0 Å². The minimum atomic E-state index is 0.531. The van der Waals surface area contributed by atoms with Crippen LogP contribution >= 0.6 is 0 Å². The molecule has 0 aromatic heterocycles. The Morgan fingerprint density at radius 1 is 0.900 bits per heavy atom. The van der Waals surface area contributed by atoms with Crippen molar-refractivity contribution in [2.75, 3.05) is 21.3 Å². The van der Waals surface area contributed by atoms with Crippen LogP contribution in [-0.2, 0) is 0 Å². The Morgan fingerprint density at radius 3 is 2.25 bits per heavy atom. The highest BCUT2D eigenvalue weighted by molar-refractivity contribution is 5.82. The van der Waals surface area contributed by atoms with Crippen LogP contribution < -0.4 is 14.2 Å². The van der Waals surface area contributed by atoms with Gasteiger partial charge in [0, 0.05) is 11.1 Å². The van der Waals surface area contributed by atoms with E-state index >= 15 is 0 Å². The summed E-state index contributed by atoms with van der Waals surface area (Å²) in [5.74, 6) is 1.71. The highest BCUT2D eigenvalue weighted by Crippen LogP contribution is 2.44. The van der Waals surface area contributed by atoms with Crippen LogP contribution in [-0.4, -0.2) is 27.6 Å². The number of carbonyl (C=O) groups is 1. The van der Waals surface area contributed by atoms with Gasteiger partial charge < -0.3 is 14.2 Å². The number of aldehydes is 1. The van der Waals surface area contributed by atoms with Crippen LogP contribution in [0.3, 0.4) is 0 Å². The van der Waals surface area contributed by atoms with Crippen LogP contribution in [0.15, 0.2) is 36.4 Å². The second-order valence-corrected chi connectivity index (χ2v) is 4.13. The van der Waals surface area contributed by atoms with Crippen LogP contribution in [0.1, 0.15) is 10.4 Å². The summed E-state index contributed by atoms with van der Waals surface area (Å²) in [6.45, 7) is 0. The third-order valence-corrected chi connectivity index (χ3v) is 3.04. The summed E-state index contributed by atoms with van der Waals surface area (Å²) in [7, 11) is 4.71. The van der Waals surface area contributed by atoms with Gasteiger partial charge in [-0.2, -0.15) is 0 Å².